The number of anilines is 1. The molecule has 0 aromatic carbocycles. The highest BCUT2D eigenvalue weighted by Crippen LogP contribution is 2.41. The number of hydrogen-bond acceptors (Lipinski definition) is 5. The number of aryl methyl sites for hydroxylation is 2. The lowest BCUT2D eigenvalue weighted by Gasteiger charge is -2.30. The number of fused-ring (bicyclic) bond motifs is 1. The Morgan fingerprint density at radius 2 is 1.90 bits per heavy atom. The van der Waals surface area contributed by atoms with E-state index >= 15 is 0 Å². The first kappa shape index (κ1) is 18.9. The van der Waals surface area contributed by atoms with Gasteiger partial charge in [-0.1, -0.05) is 30.8 Å². The number of oxime groups is 1. The first-order chi connectivity index (χ1) is 14.2. The van der Waals surface area contributed by atoms with Crippen LogP contribution in [0.5, 0.6) is 0 Å². The van der Waals surface area contributed by atoms with Crippen molar-refractivity contribution in [3.8, 4) is 0 Å². The maximum absolute atomic E-state index is 6.07. The van der Waals surface area contributed by atoms with Gasteiger partial charge in [0.05, 0.1) is 22.5 Å². The van der Waals surface area contributed by atoms with Crippen LogP contribution in [0.2, 0.25) is 0 Å². The summed E-state index contributed by atoms with van der Waals surface area (Å²) in [5.41, 5.74) is 5.29. The molecule has 6 nitrogen and oxygen atoms in total. The summed E-state index contributed by atoms with van der Waals surface area (Å²) in [5, 5.41) is 14.4. The Labute approximate surface area is 173 Å². The summed E-state index contributed by atoms with van der Waals surface area (Å²) in [6, 6.07) is 0.518. The lowest BCUT2D eigenvalue weighted by molar-refractivity contribution is -0.0449. The molecule has 1 spiro atoms. The van der Waals surface area contributed by atoms with Crippen molar-refractivity contribution >= 4 is 22.4 Å². The van der Waals surface area contributed by atoms with Crippen LogP contribution in [0.1, 0.15) is 88.8 Å². The molecular weight excluding hydrogens is 362 g/mol. The highest BCUT2D eigenvalue weighted by atomic mass is 16.7. The average molecular weight is 396 g/mol. The smallest absolute Gasteiger partial charge is 0.160 e. The zero-order valence-electron chi connectivity index (χ0n) is 17.8. The molecule has 0 unspecified atom stereocenters. The minimum atomic E-state index is -0.0761. The minimum absolute atomic E-state index is 0.0761. The highest BCUT2D eigenvalue weighted by molar-refractivity contribution is 6.11. The fraction of sp³-hybridized carbons (Fsp3) is 0.696. The second-order valence-corrected chi connectivity index (χ2v) is 9.18. The zero-order valence-corrected chi connectivity index (χ0v) is 17.8. The van der Waals surface area contributed by atoms with Crippen LogP contribution in [0.25, 0.3) is 11.0 Å². The molecule has 2 saturated carbocycles. The molecule has 0 saturated heterocycles. The first-order valence-corrected chi connectivity index (χ1v) is 11.6. The Bertz CT molecular complexity index is 919. The molecule has 2 aromatic heterocycles. The van der Waals surface area contributed by atoms with Crippen molar-refractivity contribution < 1.29 is 4.84 Å². The van der Waals surface area contributed by atoms with Crippen LogP contribution in [-0.2, 0) is 11.4 Å². The van der Waals surface area contributed by atoms with Gasteiger partial charge in [0.15, 0.2) is 5.65 Å². The predicted molar refractivity (Wildman–Crippen MR) is 116 cm³/mol. The summed E-state index contributed by atoms with van der Waals surface area (Å²) < 4.78 is 2.01. The standard InChI is InChI=1S/C23H33N5O/c1-3-28-22-20(16(2)26-28)21(25-17-10-6-4-7-11-17)18(15-24-22)19-14-23(29-27-19)12-8-5-9-13-23/h15,17H,3-14H2,1-2H3,(H,24,25). The molecular formula is C23H33N5O. The fourth-order valence-corrected chi connectivity index (χ4v) is 5.49. The Morgan fingerprint density at radius 1 is 1.14 bits per heavy atom. The molecule has 3 aliphatic rings. The van der Waals surface area contributed by atoms with Crippen molar-refractivity contribution in [1.82, 2.24) is 14.8 Å². The van der Waals surface area contributed by atoms with E-state index in [1.54, 1.807) is 0 Å². The van der Waals surface area contributed by atoms with E-state index < -0.39 is 0 Å². The molecule has 1 N–H and O–H groups in total. The van der Waals surface area contributed by atoms with E-state index in [0.717, 1.165) is 53.8 Å². The number of rotatable bonds is 4. The second-order valence-electron chi connectivity index (χ2n) is 9.18. The van der Waals surface area contributed by atoms with Gasteiger partial charge in [-0.25, -0.2) is 9.67 Å². The van der Waals surface area contributed by atoms with E-state index in [-0.39, 0.29) is 5.60 Å². The van der Waals surface area contributed by atoms with Gasteiger partial charge in [-0.05, 0) is 52.4 Å². The largest absolute Gasteiger partial charge is 0.389 e. The summed E-state index contributed by atoms with van der Waals surface area (Å²) in [6.45, 7) is 5.05. The highest BCUT2D eigenvalue weighted by Gasteiger charge is 2.41. The van der Waals surface area contributed by atoms with E-state index in [2.05, 4.69) is 24.3 Å². The first-order valence-electron chi connectivity index (χ1n) is 11.6. The third-order valence-corrected chi connectivity index (χ3v) is 7.10. The summed E-state index contributed by atoms with van der Waals surface area (Å²) in [5.74, 6) is 0. The number of aromatic nitrogens is 3. The van der Waals surface area contributed by atoms with Gasteiger partial charge in [0.1, 0.15) is 5.60 Å². The van der Waals surface area contributed by atoms with E-state index in [0.29, 0.717) is 6.04 Å². The molecule has 2 aliphatic carbocycles. The van der Waals surface area contributed by atoms with E-state index in [9.17, 15) is 0 Å². The molecule has 2 fully saturated rings. The van der Waals surface area contributed by atoms with Crippen molar-refractivity contribution in [3.63, 3.8) is 0 Å². The minimum Gasteiger partial charge on any atom is -0.389 e. The molecule has 1 aliphatic heterocycles. The van der Waals surface area contributed by atoms with Crippen molar-refractivity contribution in [2.75, 3.05) is 5.32 Å². The normalized spacial score (nSPS) is 22.1. The quantitative estimate of drug-likeness (QED) is 0.760. The third kappa shape index (κ3) is 3.40. The average Bonchev–Trinajstić information content (AvgIpc) is 3.30. The lowest BCUT2D eigenvalue weighted by atomic mass is 9.80. The van der Waals surface area contributed by atoms with Crippen molar-refractivity contribution in [3.05, 3.63) is 17.5 Å². The van der Waals surface area contributed by atoms with E-state index in [1.807, 2.05) is 10.9 Å². The summed E-state index contributed by atoms with van der Waals surface area (Å²) in [7, 11) is 0. The molecule has 29 heavy (non-hydrogen) atoms. The van der Waals surface area contributed by atoms with Gasteiger partial charge in [0, 0.05) is 30.8 Å². The molecule has 5 rings (SSSR count). The molecule has 2 aromatic rings. The van der Waals surface area contributed by atoms with E-state index in [1.165, 1.54) is 57.1 Å². The Kier molecular flexibility index (Phi) is 4.96. The number of nitrogens with one attached hydrogen (secondary N) is 1. The predicted octanol–water partition coefficient (Wildman–Crippen LogP) is 5.33. The molecule has 0 radical (unpaired) electrons. The van der Waals surface area contributed by atoms with Gasteiger partial charge < -0.3 is 10.2 Å². The lowest BCUT2D eigenvalue weighted by Crippen LogP contribution is -2.32. The summed E-state index contributed by atoms with van der Waals surface area (Å²) >= 11 is 0. The molecule has 0 amide bonds. The maximum atomic E-state index is 6.07. The maximum Gasteiger partial charge on any atom is 0.160 e. The topological polar surface area (TPSA) is 64.3 Å². The molecule has 0 bridgehead atoms. The summed E-state index contributed by atoms with van der Waals surface area (Å²) in [6.07, 6.45) is 15.4. The fourth-order valence-electron chi connectivity index (χ4n) is 5.49. The van der Waals surface area contributed by atoms with Crippen LogP contribution in [0, 0.1) is 6.92 Å². The van der Waals surface area contributed by atoms with Gasteiger partial charge in [0.2, 0.25) is 0 Å². The van der Waals surface area contributed by atoms with Crippen LogP contribution in [0.15, 0.2) is 11.4 Å². The van der Waals surface area contributed by atoms with Gasteiger partial charge in [-0.15, -0.1) is 0 Å². The zero-order chi connectivity index (χ0) is 19.8. The van der Waals surface area contributed by atoms with Crippen LogP contribution in [0.3, 0.4) is 0 Å². The second kappa shape index (κ2) is 7.62. The van der Waals surface area contributed by atoms with Crippen molar-refractivity contribution in [2.45, 2.75) is 103 Å². The molecule has 6 heteroatoms. The van der Waals surface area contributed by atoms with Crippen molar-refractivity contribution in [1.29, 1.82) is 0 Å². The molecule has 3 heterocycles. The number of nitrogens with zero attached hydrogens (tertiary/aromatic N) is 4. The van der Waals surface area contributed by atoms with Gasteiger partial charge >= 0.3 is 0 Å². The van der Waals surface area contributed by atoms with Crippen LogP contribution < -0.4 is 5.32 Å². The van der Waals surface area contributed by atoms with Crippen LogP contribution >= 0.6 is 0 Å². The van der Waals surface area contributed by atoms with Crippen LogP contribution in [0.4, 0.5) is 5.69 Å². The van der Waals surface area contributed by atoms with Gasteiger partial charge in [0.25, 0.3) is 0 Å². The third-order valence-electron chi connectivity index (χ3n) is 7.10. The Balaban J connectivity index is 1.55. The van der Waals surface area contributed by atoms with Crippen molar-refractivity contribution in [2.24, 2.45) is 5.16 Å². The van der Waals surface area contributed by atoms with Crippen LogP contribution in [-0.4, -0.2) is 32.1 Å². The van der Waals surface area contributed by atoms with Gasteiger partial charge in [-0.3, -0.25) is 0 Å². The number of hydrogen-bond donors (Lipinski definition) is 1. The Hall–Kier alpha value is -2.11. The SMILES string of the molecule is CCn1nc(C)c2c(NC3CCCCC3)c(C3=NOC4(CCCCC4)C3)cnc21. The van der Waals surface area contributed by atoms with Gasteiger partial charge in [-0.2, -0.15) is 5.10 Å². The molecule has 156 valence electrons. The molecule has 0 atom stereocenters. The summed E-state index contributed by atoms with van der Waals surface area (Å²) in [4.78, 5) is 10.9. The monoisotopic (exact) mass is 395 g/mol. The number of pyridine rings is 1. The van der Waals surface area contributed by atoms with E-state index in [4.69, 9.17) is 14.9 Å². The Morgan fingerprint density at radius 3 is 2.66 bits per heavy atom.